The lowest BCUT2D eigenvalue weighted by molar-refractivity contribution is -0.117. The van der Waals surface area contributed by atoms with E-state index in [0.29, 0.717) is 25.5 Å². The van der Waals surface area contributed by atoms with E-state index < -0.39 is 0 Å². The molecule has 1 aromatic heterocycles. The molecule has 1 N–H and O–H groups in total. The second-order valence-corrected chi connectivity index (χ2v) is 5.84. The summed E-state index contributed by atoms with van der Waals surface area (Å²) >= 11 is 0. The number of pyridine rings is 1. The summed E-state index contributed by atoms with van der Waals surface area (Å²) in [5.74, 6) is 0.830. The first-order valence-electron chi connectivity index (χ1n) is 8.11. The Bertz CT molecular complexity index is 563. The van der Waals surface area contributed by atoms with Crippen molar-refractivity contribution in [3.63, 3.8) is 0 Å². The molecule has 2 heterocycles. The molecule has 2 aliphatic rings. The summed E-state index contributed by atoms with van der Waals surface area (Å²) in [5.41, 5.74) is 0.998. The summed E-state index contributed by atoms with van der Waals surface area (Å²) in [6.45, 7) is 4.97. The van der Waals surface area contributed by atoms with Crippen molar-refractivity contribution in [1.82, 2.24) is 9.88 Å². The molecule has 0 atom stereocenters. The lowest BCUT2D eigenvalue weighted by Gasteiger charge is -2.35. The number of carbonyl (C=O) groups is 2. The van der Waals surface area contributed by atoms with Gasteiger partial charge in [0.2, 0.25) is 5.91 Å². The van der Waals surface area contributed by atoms with Crippen LogP contribution in [0.15, 0.2) is 18.3 Å². The number of piperazine rings is 1. The van der Waals surface area contributed by atoms with Crippen LogP contribution in [0.3, 0.4) is 0 Å². The van der Waals surface area contributed by atoms with E-state index in [1.807, 2.05) is 19.1 Å². The van der Waals surface area contributed by atoms with Crippen molar-refractivity contribution in [2.45, 2.75) is 19.8 Å². The minimum absolute atomic E-state index is 0.0632. The number of aromatic nitrogens is 1. The summed E-state index contributed by atoms with van der Waals surface area (Å²) in [7, 11) is 0. The predicted octanol–water partition coefficient (Wildman–Crippen LogP) is 1.71. The molecule has 0 aromatic carbocycles. The fourth-order valence-electron chi connectivity index (χ4n) is 2.58. The Balaban J connectivity index is 1.52. The Morgan fingerprint density at radius 1 is 1.26 bits per heavy atom. The predicted molar refractivity (Wildman–Crippen MR) is 86.4 cm³/mol. The van der Waals surface area contributed by atoms with Crippen LogP contribution in [0.1, 0.15) is 19.8 Å². The zero-order valence-corrected chi connectivity index (χ0v) is 13.3. The lowest BCUT2D eigenvalue weighted by Crippen LogP contribution is -2.49. The summed E-state index contributed by atoms with van der Waals surface area (Å²) in [4.78, 5) is 31.6. The van der Waals surface area contributed by atoms with E-state index in [-0.39, 0.29) is 17.9 Å². The zero-order valence-electron chi connectivity index (χ0n) is 13.3. The minimum Gasteiger partial charge on any atom is -0.450 e. The van der Waals surface area contributed by atoms with E-state index >= 15 is 0 Å². The molecule has 1 aliphatic carbocycles. The van der Waals surface area contributed by atoms with Gasteiger partial charge in [-0.25, -0.2) is 9.78 Å². The van der Waals surface area contributed by atoms with Gasteiger partial charge in [-0.05, 0) is 31.9 Å². The third-order valence-corrected chi connectivity index (χ3v) is 4.12. The van der Waals surface area contributed by atoms with Gasteiger partial charge in [-0.2, -0.15) is 0 Å². The Morgan fingerprint density at radius 2 is 2.00 bits per heavy atom. The van der Waals surface area contributed by atoms with Crippen molar-refractivity contribution in [3.05, 3.63) is 18.3 Å². The highest BCUT2D eigenvalue weighted by Gasteiger charge is 2.29. The van der Waals surface area contributed by atoms with Gasteiger partial charge in [0.05, 0.1) is 18.5 Å². The van der Waals surface area contributed by atoms with Gasteiger partial charge in [0.25, 0.3) is 0 Å². The first-order valence-corrected chi connectivity index (χ1v) is 8.11. The van der Waals surface area contributed by atoms with Crippen molar-refractivity contribution < 1.29 is 14.3 Å². The van der Waals surface area contributed by atoms with Crippen LogP contribution in [-0.2, 0) is 9.53 Å². The first-order chi connectivity index (χ1) is 11.2. The fourth-order valence-corrected chi connectivity index (χ4v) is 2.58. The molecule has 2 fully saturated rings. The van der Waals surface area contributed by atoms with Gasteiger partial charge in [0.15, 0.2) is 0 Å². The van der Waals surface area contributed by atoms with Crippen molar-refractivity contribution in [1.29, 1.82) is 0 Å². The van der Waals surface area contributed by atoms with Gasteiger partial charge in [-0.15, -0.1) is 0 Å². The molecule has 124 valence electrons. The van der Waals surface area contributed by atoms with Crippen LogP contribution in [0.25, 0.3) is 0 Å². The molecule has 0 unspecified atom stereocenters. The molecule has 0 radical (unpaired) electrons. The Labute approximate surface area is 135 Å². The van der Waals surface area contributed by atoms with Gasteiger partial charge in [-0.3, -0.25) is 4.79 Å². The molecule has 0 spiro atoms. The lowest BCUT2D eigenvalue weighted by atomic mass is 10.3. The van der Waals surface area contributed by atoms with Crippen molar-refractivity contribution in [3.8, 4) is 0 Å². The third kappa shape index (κ3) is 3.91. The van der Waals surface area contributed by atoms with E-state index in [9.17, 15) is 9.59 Å². The summed E-state index contributed by atoms with van der Waals surface area (Å²) < 4.78 is 5.02. The molecular weight excluding hydrogens is 296 g/mol. The third-order valence-electron chi connectivity index (χ3n) is 4.12. The molecule has 1 saturated heterocycles. The van der Waals surface area contributed by atoms with Gasteiger partial charge >= 0.3 is 6.09 Å². The molecule has 7 nitrogen and oxygen atoms in total. The number of carbonyl (C=O) groups excluding carboxylic acids is 2. The second kappa shape index (κ2) is 6.85. The highest BCUT2D eigenvalue weighted by atomic mass is 16.6. The maximum Gasteiger partial charge on any atom is 0.409 e. The highest BCUT2D eigenvalue weighted by Crippen LogP contribution is 2.30. The summed E-state index contributed by atoms with van der Waals surface area (Å²) in [6, 6.07) is 3.78. The molecule has 3 rings (SSSR count). The second-order valence-electron chi connectivity index (χ2n) is 5.84. The number of nitrogens with zero attached hydrogens (tertiary/aromatic N) is 3. The number of amides is 2. The number of nitrogens with one attached hydrogen (secondary N) is 1. The standard InChI is InChI=1S/C16H22N4O3/c1-2-23-16(22)20-9-7-19(8-10-20)13-5-6-14(17-11-13)18-15(21)12-3-4-12/h5-6,11-12H,2-4,7-10H2,1H3,(H,17,18,21). The van der Waals surface area contributed by atoms with Crippen LogP contribution >= 0.6 is 0 Å². The molecule has 1 aromatic rings. The smallest absolute Gasteiger partial charge is 0.409 e. The Hall–Kier alpha value is -2.31. The molecular formula is C16H22N4O3. The maximum atomic E-state index is 11.7. The van der Waals surface area contributed by atoms with Crippen LogP contribution in [-0.4, -0.2) is 54.7 Å². The van der Waals surface area contributed by atoms with Crippen LogP contribution in [0, 0.1) is 5.92 Å². The number of rotatable bonds is 4. The quantitative estimate of drug-likeness (QED) is 0.915. The monoisotopic (exact) mass is 318 g/mol. The normalized spacial score (nSPS) is 17.8. The average Bonchev–Trinajstić information content (AvgIpc) is 3.41. The summed E-state index contributed by atoms with van der Waals surface area (Å²) in [6.07, 6.45) is 3.48. The zero-order chi connectivity index (χ0) is 16.2. The number of anilines is 2. The van der Waals surface area contributed by atoms with Gasteiger partial charge < -0.3 is 19.9 Å². The van der Waals surface area contributed by atoms with E-state index in [1.165, 1.54) is 0 Å². The van der Waals surface area contributed by atoms with Gasteiger partial charge in [0.1, 0.15) is 5.82 Å². The average molecular weight is 318 g/mol. The Morgan fingerprint density at radius 3 is 2.57 bits per heavy atom. The largest absolute Gasteiger partial charge is 0.450 e. The first kappa shape index (κ1) is 15.6. The number of hydrogen-bond donors (Lipinski definition) is 1. The SMILES string of the molecule is CCOC(=O)N1CCN(c2ccc(NC(=O)C3CC3)nc2)CC1. The molecule has 1 aliphatic heterocycles. The summed E-state index contributed by atoms with van der Waals surface area (Å²) in [5, 5.41) is 2.83. The van der Waals surface area contributed by atoms with Crippen LogP contribution in [0.5, 0.6) is 0 Å². The van der Waals surface area contributed by atoms with Gasteiger partial charge in [0, 0.05) is 32.1 Å². The van der Waals surface area contributed by atoms with Crippen molar-refractivity contribution in [2.75, 3.05) is 43.0 Å². The van der Waals surface area contributed by atoms with E-state index in [1.54, 1.807) is 11.1 Å². The maximum absolute atomic E-state index is 11.7. The fraction of sp³-hybridized carbons (Fsp3) is 0.562. The number of hydrogen-bond acceptors (Lipinski definition) is 5. The molecule has 7 heteroatoms. The van der Waals surface area contributed by atoms with Crippen LogP contribution in [0.4, 0.5) is 16.3 Å². The van der Waals surface area contributed by atoms with Crippen LogP contribution in [0.2, 0.25) is 0 Å². The molecule has 2 amide bonds. The highest BCUT2D eigenvalue weighted by molar-refractivity contribution is 5.93. The van der Waals surface area contributed by atoms with E-state index in [2.05, 4.69) is 15.2 Å². The van der Waals surface area contributed by atoms with Crippen molar-refractivity contribution in [2.24, 2.45) is 5.92 Å². The molecule has 23 heavy (non-hydrogen) atoms. The van der Waals surface area contributed by atoms with Crippen molar-refractivity contribution >= 4 is 23.5 Å². The van der Waals surface area contributed by atoms with Gasteiger partial charge in [-0.1, -0.05) is 0 Å². The van der Waals surface area contributed by atoms with Crippen LogP contribution < -0.4 is 10.2 Å². The Kier molecular flexibility index (Phi) is 4.64. The molecule has 0 bridgehead atoms. The molecule has 1 saturated carbocycles. The van der Waals surface area contributed by atoms with E-state index in [4.69, 9.17) is 4.74 Å². The van der Waals surface area contributed by atoms with E-state index in [0.717, 1.165) is 31.6 Å². The minimum atomic E-state index is -0.247. The number of ether oxygens (including phenoxy) is 1. The topological polar surface area (TPSA) is 74.8 Å².